The third-order valence-corrected chi connectivity index (χ3v) is 6.96. The van der Waals surface area contributed by atoms with E-state index < -0.39 is 10.0 Å². The Balaban J connectivity index is 1.44. The van der Waals surface area contributed by atoms with E-state index >= 15 is 0 Å². The zero-order valence-electron chi connectivity index (χ0n) is 15.7. The van der Waals surface area contributed by atoms with Crippen molar-refractivity contribution in [2.24, 2.45) is 10.9 Å². The molecule has 2 fully saturated rings. The van der Waals surface area contributed by atoms with E-state index in [4.69, 9.17) is 0 Å². The lowest BCUT2D eigenvalue weighted by Crippen LogP contribution is -2.45. The van der Waals surface area contributed by atoms with Gasteiger partial charge in [-0.2, -0.15) is 0 Å². The number of nitrogens with one attached hydrogen (secondary N) is 2. The molecule has 2 N–H and O–H groups in total. The highest BCUT2D eigenvalue weighted by molar-refractivity contribution is 7.88. The smallest absolute Gasteiger partial charge is 0.211 e. The van der Waals surface area contributed by atoms with Gasteiger partial charge in [0.2, 0.25) is 10.0 Å². The van der Waals surface area contributed by atoms with Crippen molar-refractivity contribution >= 4 is 16.0 Å². The Morgan fingerprint density at radius 2 is 1.85 bits per heavy atom. The molecular weight excluding hydrogens is 348 g/mol. The molecule has 1 heterocycles. The average Bonchev–Trinajstić information content (AvgIpc) is 3.43. The number of hydrogen-bond acceptors (Lipinski definition) is 3. The van der Waals surface area contributed by atoms with Crippen LogP contribution in [-0.4, -0.2) is 58.2 Å². The Kier molecular flexibility index (Phi) is 5.87. The Morgan fingerprint density at radius 1 is 1.19 bits per heavy atom. The summed E-state index contributed by atoms with van der Waals surface area (Å²) in [6.45, 7) is 2.96. The van der Waals surface area contributed by atoms with Crippen LogP contribution in [0.4, 0.5) is 0 Å². The van der Waals surface area contributed by atoms with E-state index in [9.17, 15) is 8.42 Å². The molecule has 144 valence electrons. The molecule has 0 bridgehead atoms. The molecule has 0 unspecified atom stereocenters. The molecule has 2 aliphatic rings. The van der Waals surface area contributed by atoms with Crippen LogP contribution in [-0.2, 0) is 15.4 Å². The summed E-state index contributed by atoms with van der Waals surface area (Å²) in [5.74, 6) is 1.31. The normalized spacial score (nSPS) is 21.4. The van der Waals surface area contributed by atoms with Crippen LogP contribution in [0.3, 0.4) is 0 Å². The van der Waals surface area contributed by atoms with E-state index in [1.54, 1.807) is 11.4 Å². The van der Waals surface area contributed by atoms with Gasteiger partial charge in [0.05, 0.1) is 6.26 Å². The minimum atomic E-state index is -3.05. The number of nitrogens with zero attached hydrogens (tertiary/aromatic N) is 2. The van der Waals surface area contributed by atoms with Crippen molar-refractivity contribution in [1.29, 1.82) is 0 Å². The number of benzene rings is 1. The first kappa shape index (κ1) is 19.2. The van der Waals surface area contributed by atoms with Gasteiger partial charge in [0.1, 0.15) is 0 Å². The van der Waals surface area contributed by atoms with Crippen LogP contribution in [0.25, 0.3) is 0 Å². The Labute approximate surface area is 157 Å². The molecule has 1 aliphatic carbocycles. The van der Waals surface area contributed by atoms with Crippen molar-refractivity contribution in [2.45, 2.75) is 31.1 Å². The highest BCUT2D eigenvalue weighted by atomic mass is 32.2. The number of piperidine rings is 1. The lowest BCUT2D eigenvalue weighted by Gasteiger charge is -2.30. The molecule has 0 amide bonds. The molecule has 7 heteroatoms. The molecule has 1 saturated heterocycles. The van der Waals surface area contributed by atoms with Crippen molar-refractivity contribution in [1.82, 2.24) is 14.9 Å². The van der Waals surface area contributed by atoms with Gasteiger partial charge in [0, 0.05) is 38.6 Å². The SMILES string of the molecule is CN=C(NCC1CCN(S(C)(=O)=O)CC1)NCC1(c2ccccc2)CC1. The van der Waals surface area contributed by atoms with E-state index in [0.717, 1.165) is 31.9 Å². The Morgan fingerprint density at radius 3 is 2.38 bits per heavy atom. The van der Waals surface area contributed by atoms with Crippen LogP contribution >= 0.6 is 0 Å². The van der Waals surface area contributed by atoms with E-state index in [1.165, 1.54) is 24.7 Å². The fourth-order valence-corrected chi connectivity index (χ4v) is 4.54. The molecule has 3 rings (SSSR count). The van der Waals surface area contributed by atoms with E-state index in [1.807, 2.05) is 0 Å². The molecule has 1 aliphatic heterocycles. The second-order valence-electron chi connectivity index (χ2n) is 7.56. The van der Waals surface area contributed by atoms with Crippen molar-refractivity contribution in [3.8, 4) is 0 Å². The predicted octanol–water partition coefficient (Wildman–Crippen LogP) is 1.55. The molecule has 0 spiro atoms. The highest BCUT2D eigenvalue weighted by Gasteiger charge is 2.44. The number of sulfonamides is 1. The molecule has 6 nitrogen and oxygen atoms in total. The summed E-state index contributed by atoms with van der Waals surface area (Å²) in [7, 11) is -1.26. The number of aliphatic imine (C=N–C) groups is 1. The third-order valence-electron chi connectivity index (χ3n) is 5.66. The van der Waals surface area contributed by atoms with Gasteiger partial charge in [-0.15, -0.1) is 0 Å². The molecule has 1 aromatic rings. The third kappa shape index (κ3) is 4.76. The standard InChI is InChI=1S/C19H30N4O2S/c1-20-18(21-14-16-8-12-23(13-9-16)26(2,24)25)22-15-19(10-11-19)17-6-4-3-5-7-17/h3-7,16H,8-15H2,1-2H3,(H2,20,21,22). The fourth-order valence-electron chi connectivity index (χ4n) is 3.67. The monoisotopic (exact) mass is 378 g/mol. The van der Waals surface area contributed by atoms with Crippen LogP contribution in [0.15, 0.2) is 35.3 Å². The van der Waals surface area contributed by atoms with Gasteiger partial charge in [-0.1, -0.05) is 30.3 Å². The first-order chi connectivity index (χ1) is 12.4. The zero-order valence-corrected chi connectivity index (χ0v) is 16.6. The van der Waals surface area contributed by atoms with Gasteiger partial charge >= 0.3 is 0 Å². The van der Waals surface area contributed by atoms with Gasteiger partial charge < -0.3 is 10.6 Å². The average molecular weight is 379 g/mol. The number of guanidine groups is 1. The van der Waals surface area contributed by atoms with Gasteiger partial charge in [0.25, 0.3) is 0 Å². The van der Waals surface area contributed by atoms with Crippen LogP contribution in [0.1, 0.15) is 31.2 Å². The summed E-state index contributed by atoms with van der Waals surface area (Å²) >= 11 is 0. The molecular formula is C19H30N4O2S. The summed E-state index contributed by atoms with van der Waals surface area (Å²) in [5, 5.41) is 6.89. The van der Waals surface area contributed by atoms with Crippen LogP contribution in [0.5, 0.6) is 0 Å². The van der Waals surface area contributed by atoms with Crippen LogP contribution in [0, 0.1) is 5.92 Å². The first-order valence-electron chi connectivity index (χ1n) is 9.38. The molecule has 0 radical (unpaired) electrons. The molecule has 0 aromatic heterocycles. The maximum Gasteiger partial charge on any atom is 0.211 e. The van der Waals surface area contributed by atoms with Crippen molar-refractivity contribution < 1.29 is 8.42 Å². The van der Waals surface area contributed by atoms with E-state index in [-0.39, 0.29) is 5.41 Å². The summed E-state index contributed by atoms with van der Waals surface area (Å²) in [6, 6.07) is 10.7. The second-order valence-corrected chi connectivity index (χ2v) is 9.54. The van der Waals surface area contributed by atoms with Gasteiger partial charge in [-0.05, 0) is 37.2 Å². The predicted molar refractivity (Wildman–Crippen MR) is 106 cm³/mol. The first-order valence-corrected chi connectivity index (χ1v) is 11.2. The maximum atomic E-state index is 11.6. The van der Waals surface area contributed by atoms with Crippen LogP contribution in [0.2, 0.25) is 0 Å². The van der Waals surface area contributed by atoms with E-state index in [0.29, 0.717) is 19.0 Å². The van der Waals surface area contributed by atoms with E-state index in [2.05, 4.69) is 46.0 Å². The largest absolute Gasteiger partial charge is 0.356 e. The van der Waals surface area contributed by atoms with Crippen molar-refractivity contribution in [3.05, 3.63) is 35.9 Å². The molecule has 1 aromatic carbocycles. The number of rotatable bonds is 6. The second kappa shape index (κ2) is 7.96. The Hall–Kier alpha value is -1.60. The van der Waals surface area contributed by atoms with Crippen molar-refractivity contribution in [2.75, 3.05) is 39.5 Å². The van der Waals surface area contributed by atoms with Gasteiger partial charge in [0.15, 0.2) is 5.96 Å². The minimum absolute atomic E-state index is 0.250. The topological polar surface area (TPSA) is 73.8 Å². The van der Waals surface area contributed by atoms with Gasteiger partial charge in [-0.3, -0.25) is 4.99 Å². The molecule has 1 saturated carbocycles. The fraction of sp³-hybridized carbons (Fsp3) is 0.632. The highest BCUT2D eigenvalue weighted by Crippen LogP contribution is 2.47. The summed E-state index contributed by atoms with van der Waals surface area (Å²) < 4.78 is 24.8. The van der Waals surface area contributed by atoms with Crippen LogP contribution < -0.4 is 10.6 Å². The lowest BCUT2D eigenvalue weighted by molar-refractivity contribution is 0.275. The zero-order chi connectivity index (χ0) is 18.6. The lowest BCUT2D eigenvalue weighted by atomic mass is 9.96. The summed E-state index contributed by atoms with van der Waals surface area (Å²) in [6.07, 6.45) is 5.50. The van der Waals surface area contributed by atoms with Crippen molar-refractivity contribution in [3.63, 3.8) is 0 Å². The number of hydrogen-bond donors (Lipinski definition) is 2. The van der Waals surface area contributed by atoms with Gasteiger partial charge in [-0.25, -0.2) is 12.7 Å². The molecule has 0 atom stereocenters. The quantitative estimate of drug-likeness (QED) is 0.582. The maximum absolute atomic E-state index is 11.6. The molecule has 26 heavy (non-hydrogen) atoms. The summed E-state index contributed by atoms with van der Waals surface area (Å²) in [4.78, 5) is 4.34. The minimum Gasteiger partial charge on any atom is -0.356 e. The Bertz CT molecular complexity index is 721. The summed E-state index contributed by atoms with van der Waals surface area (Å²) in [5.41, 5.74) is 1.65.